The van der Waals surface area contributed by atoms with Crippen molar-refractivity contribution in [3.05, 3.63) is 48.2 Å². The third-order valence-electron chi connectivity index (χ3n) is 5.58. The van der Waals surface area contributed by atoms with Crippen LogP contribution in [-0.2, 0) is 11.2 Å². The Labute approximate surface area is 161 Å². The van der Waals surface area contributed by atoms with Crippen LogP contribution in [0.4, 0.5) is 11.5 Å². The molecule has 1 saturated heterocycles. The number of hydrogen-bond acceptors (Lipinski definition) is 4. The van der Waals surface area contributed by atoms with Crippen LogP contribution < -0.4 is 9.64 Å². The molecule has 0 bridgehead atoms. The molecule has 5 heteroatoms. The highest BCUT2D eigenvalue weighted by atomic mass is 16.5. The largest absolute Gasteiger partial charge is 0.494 e. The third-order valence-corrected chi connectivity index (χ3v) is 5.58. The summed E-state index contributed by atoms with van der Waals surface area (Å²) in [7, 11) is 0. The zero-order valence-corrected chi connectivity index (χ0v) is 15.9. The van der Waals surface area contributed by atoms with E-state index in [0.29, 0.717) is 18.3 Å². The van der Waals surface area contributed by atoms with Crippen molar-refractivity contribution in [3.63, 3.8) is 0 Å². The summed E-state index contributed by atoms with van der Waals surface area (Å²) < 4.78 is 5.99. The van der Waals surface area contributed by atoms with Crippen LogP contribution in [0.15, 0.2) is 42.6 Å². The van der Waals surface area contributed by atoms with Crippen LogP contribution in [0.5, 0.6) is 5.75 Å². The number of carbonyl (C=O) groups excluding carboxylic acids is 1. The van der Waals surface area contributed by atoms with Crippen LogP contribution in [0.2, 0.25) is 0 Å². The standard InChI is InChI=1S/C22H27N3O2/c1-17-6-4-13-24(17)14-5-15-27-19-9-10-20-18(16-19)8-11-22(26)25(20)21-7-2-3-12-23-21/h2-3,7,9-10,12,16-17H,4-6,8,11,13-15H2,1H3/t17-/m1/s1. The van der Waals surface area contributed by atoms with Crippen LogP contribution >= 0.6 is 0 Å². The maximum atomic E-state index is 12.5. The van der Waals surface area contributed by atoms with Gasteiger partial charge >= 0.3 is 0 Å². The number of anilines is 2. The number of benzene rings is 1. The van der Waals surface area contributed by atoms with Gasteiger partial charge in [-0.2, -0.15) is 0 Å². The summed E-state index contributed by atoms with van der Waals surface area (Å²) in [6, 6.07) is 12.4. The van der Waals surface area contributed by atoms with E-state index in [1.165, 1.54) is 19.4 Å². The molecule has 1 aromatic carbocycles. The Balaban J connectivity index is 1.40. The Morgan fingerprint density at radius 3 is 2.93 bits per heavy atom. The number of carbonyl (C=O) groups is 1. The van der Waals surface area contributed by atoms with Gasteiger partial charge < -0.3 is 9.64 Å². The molecule has 1 atom stereocenters. The van der Waals surface area contributed by atoms with E-state index in [2.05, 4.69) is 22.9 Å². The van der Waals surface area contributed by atoms with E-state index in [4.69, 9.17) is 4.74 Å². The quantitative estimate of drug-likeness (QED) is 0.727. The molecule has 0 aliphatic carbocycles. The van der Waals surface area contributed by atoms with Gasteiger partial charge in [-0.05, 0) is 75.0 Å². The van der Waals surface area contributed by atoms with Gasteiger partial charge in [-0.15, -0.1) is 0 Å². The lowest BCUT2D eigenvalue weighted by molar-refractivity contribution is -0.118. The van der Waals surface area contributed by atoms with Gasteiger partial charge in [0.1, 0.15) is 11.6 Å². The minimum absolute atomic E-state index is 0.0922. The number of nitrogens with zero attached hydrogens (tertiary/aromatic N) is 3. The topological polar surface area (TPSA) is 45.7 Å². The number of likely N-dealkylation sites (tertiary alicyclic amines) is 1. The normalized spacial score (nSPS) is 20.0. The van der Waals surface area contributed by atoms with Crippen molar-refractivity contribution >= 4 is 17.4 Å². The summed E-state index contributed by atoms with van der Waals surface area (Å²) in [5.41, 5.74) is 2.06. The van der Waals surface area contributed by atoms with Crippen LogP contribution in [-0.4, -0.2) is 41.5 Å². The summed E-state index contributed by atoms with van der Waals surface area (Å²) in [5.74, 6) is 1.66. The van der Waals surface area contributed by atoms with Gasteiger partial charge in [-0.1, -0.05) is 6.07 Å². The molecular formula is C22H27N3O2. The second-order valence-electron chi connectivity index (χ2n) is 7.44. The molecule has 2 aliphatic rings. The summed E-state index contributed by atoms with van der Waals surface area (Å²) >= 11 is 0. The van der Waals surface area contributed by atoms with Crippen LogP contribution in [0.3, 0.4) is 0 Å². The van der Waals surface area contributed by atoms with Crippen LogP contribution in [0.25, 0.3) is 0 Å². The first kappa shape index (κ1) is 18.0. The fraction of sp³-hybridized carbons (Fsp3) is 0.455. The van der Waals surface area contributed by atoms with Crippen molar-refractivity contribution in [3.8, 4) is 5.75 Å². The van der Waals surface area contributed by atoms with Crippen molar-refractivity contribution in [2.45, 2.75) is 45.1 Å². The Hall–Kier alpha value is -2.40. The van der Waals surface area contributed by atoms with Crippen LogP contribution in [0.1, 0.15) is 38.2 Å². The highest BCUT2D eigenvalue weighted by Crippen LogP contribution is 2.35. The first-order chi connectivity index (χ1) is 13.2. The highest BCUT2D eigenvalue weighted by molar-refractivity contribution is 6.02. The molecule has 1 amide bonds. The number of aryl methyl sites for hydroxylation is 1. The molecule has 0 spiro atoms. The van der Waals surface area contributed by atoms with Crippen molar-refractivity contribution in [2.24, 2.45) is 0 Å². The minimum Gasteiger partial charge on any atom is -0.494 e. The zero-order chi connectivity index (χ0) is 18.6. The number of rotatable bonds is 6. The molecule has 2 aliphatic heterocycles. The zero-order valence-electron chi connectivity index (χ0n) is 15.9. The molecular weight excluding hydrogens is 338 g/mol. The van der Waals surface area contributed by atoms with Gasteiger partial charge in [0.25, 0.3) is 0 Å². The Morgan fingerprint density at radius 1 is 1.22 bits per heavy atom. The van der Waals surface area contributed by atoms with Gasteiger partial charge in [-0.25, -0.2) is 4.98 Å². The van der Waals surface area contributed by atoms with E-state index < -0.39 is 0 Å². The average Bonchev–Trinajstić information content (AvgIpc) is 3.10. The average molecular weight is 365 g/mol. The number of aromatic nitrogens is 1. The predicted molar refractivity (Wildman–Crippen MR) is 107 cm³/mol. The molecule has 0 N–H and O–H groups in total. The molecule has 0 radical (unpaired) electrons. The van der Waals surface area contributed by atoms with Gasteiger partial charge in [0.15, 0.2) is 0 Å². The Bertz CT molecular complexity index is 793. The molecule has 3 heterocycles. The number of amides is 1. The van der Waals surface area contributed by atoms with Gasteiger partial charge in [0.2, 0.25) is 5.91 Å². The third kappa shape index (κ3) is 3.98. The predicted octanol–water partition coefficient (Wildman–Crippen LogP) is 3.95. The molecule has 4 rings (SSSR count). The van der Waals surface area contributed by atoms with E-state index in [1.54, 1.807) is 11.1 Å². The number of ether oxygens (including phenoxy) is 1. The van der Waals surface area contributed by atoms with Gasteiger partial charge in [0.05, 0.1) is 12.3 Å². The van der Waals surface area contributed by atoms with Crippen molar-refractivity contribution in [1.82, 2.24) is 9.88 Å². The maximum absolute atomic E-state index is 12.5. The van der Waals surface area contributed by atoms with Gasteiger partial charge in [0, 0.05) is 25.2 Å². The lowest BCUT2D eigenvalue weighted by atomic mass is 10.0. The van der Waals surface area contributed by atoms with Crippen LogP contribution in [0, 0.1) is 0 Å². The highest BCUT2D eigenvalue weighted by Gasteiger charge is 2.26. The molecule has 1 aromatic heterocycles. The molecule has 2 aromatic rings. The van der Waals surface area contributed by atoms with E-state index in [9.17, 15) is 4.79 Å². The monoisotopic (exact) mass is 365 g/mol. The fourth-order valence-corrected chi connectivity index (χ4v) is 4.08. The minimum atomic E-state index is 0.0922. The first-order valence-electron chi connectivity index (χ1n) is 9.96. The summed E-state index contributed by atoms with van der Waals surface area (Å²) in [6.45, 7) is 5.36. The second-order valence-corrected chi connectivity index (χ2v) is 7.44. The smallest absolute Gasteiger partial charge is 0.233 e. The summed E-state index contributed by atoms with van der Waals surface area (Å²) in [5, 5.41) is 0. The molecule has 142 valence electrons. The SMILES string of the molecule is C[C@@H]1CCCN1CCCOc1ccc2c(c1)CCC(=O)N2c1ccccn1. The Morgan fingerprint density at radius 2 is 2.15 bits per heavy atom. The first-order valence-corrected chi connectivity index (χ1v) is 9.96. The molecule has 5 nitrogen and oxygen atoms in total. The second kappa shape index (κ2) is 8.09. The van der Waals surface area contributed by atoms with E-state index >= 15 is 0 Å². The van der Waals surface area contributed by atoms with Crippen molar-refractivity contribution < 1.29 is 9.53 Å². The van der Waals surface area contributed by atoms with E-state index in [0.717, 1.165) is 43.0 Å². The summed E-state index contributed by atoms with van der Waals surface area (Å²) in [4.78, 5) is 21.1. The summed E-state index contributed by atoms with van der Waals surface area (Å²) in [6.07, 6.45) is 6.64. The van der Waals surface area contributed by atoms with E-state index in [1.807, 2.05) is 30.3 Å². The van der Waals surface area contributed by atoms with Crippen molar-refractivity contribution in [2.75, 3.05) is 24.6 Å². The lowest BCUT2D eigenvalue weighted by Gasteiger charge is -2.29. The van der Waals surface area contributed by atoms with Crippen molar-refractivity contribution in [1.29, 1.82) is 0 Å². The molecule has 0 unspecified atom stereocenters. The number of fused-ring (bicyclic) bond motifs is 1. The number of hydrogen-bond donors (Lipinski definition) is 0. The van der Waals surface area contributed by atoms with Gasteiger partial charge in [-0.3, -0.25) is 9.69 Å². The molecule has 1 fully saturated rings. The lowest BCUT2D eigenvalue weighted by Crippen LogP contribution is -2.31. The molecule has 0 saturated carbocycles. The molecule has 27 heavy (non-hydrogen) atoms. The van der Waals surface area contributed by atoms with E-state index in [-0.39, 0.29) is 5.91 Å². The maximum Gasteiger partial charge on any atom is 0.233 e. The number of pyridine rings is 1. The fourth-order valence-electron chi connectivity index (χ4n) is 4.08. The Kier molecular flexibility index (Phi) is 5.39.